The molecule has 2 aliphatic carbocycles. The number of Topliss-reactive ketones (excluding diaryl/α,β-unsaturated/α-hetero) is 2. The standard InChI is InChI=1S/C33H40O4/c1-20(2)13-17-33(18-14-21(3)4)30(36)27(28(34)23-11-9-8-10-12-23)29(35)25-19-26-24(22(5)6)15-16-32(26,7)37-31(25)33/h8-14,24,26,34H,5,15-19H2,1-4,6-7H3/b28-27+/t24-,26?,32+/m0/s1. The first-order valence-corrected chi connectivity index (χ1v) is 13.3. The summed E-state index contributed by atoms with van der Waals surface area (Å²) >= 11 is 0. The Hall–Kier alpha value is -3.14. The highest BCUT2D eigenvalue weighted by Gasteiger charge is 2.59. The fourth-order valence-electron chi connectivity index (χ4n) is 6.28. The second-order valence-electron chi connectivity index (χ2n) is 11.8. The molecule has 0 saturated heterocycles. The number of carbonyl (C=O) groups excluding carboxylic acids is 2. The maximum Gasteiger partial charge on any atom is 0.199 e. The van der Waals surface area contributed by atoms with Crippen LogP contribution in [0.5, 0.6) is 0 Å². The molecule has 37 heavy (non-hydrogen) atoms. The second kappa shape index (κ2) is 9.96. The molecule has 3 atom stereocenters. The van der Waals surface area contributed by atoms with Crippen LogP contribution in [0.3, 0.4) is 0 Å². The summed E-state index contributed by atoms with van der Waals surface area (Å²) in [5, 5.41) is 11.4. The molecule has 0 bridgehead atoms. The number of benzene rings is 1. The summed E-state index contributed by atoms with van der Waals surface area (Å²) < 4.78 is 6.87. The lowest BCUT2D eigenvalue weighted by Crippen LogP contribution is -2.50. The predicted molar refractivity (Wildman–Crippen MR) is 149 cm³/mol. The minimum absolute atomic E-state index is 0.102. The van der Waals surface area contributed by atoms with E-state index in [1.165, 1.54) is 0 Å². The molecule has 0 amide bonds. The van der Waals surface area contributed by atoms with Crippen molar-refractivity contribution >= 4 is 17.3 Å². The lowest BCUT2D eigenvalue weighted by molar-refractivity contribution is -0.135. The number of ketones is 2. The van der Waals surface area contributed by atoms with Crippen LogP contribution in [0.4, 0.5) is 0 Å². The van der Waals surface area contributed by atoms with Crippen molar-refractivity contribution in [3.63, 3.8) is 0 Å². The molecule has 4 rings (SSSR count). The van der Waals surface area contributed by atoms with Crippen molar-refractivity contribution in [1.82, 2.24) is 0 Å². The summed E-state index contributed by atoms with van der Waals surface area (Å²) in [5.41, 5.74) is 2.60. The zero-order valence-electron chi connectivity index (χ0n) is 23.1. The quantitative estimate of drug-likeness (QED) is 0.187. The molecule has 1 aliphatic heterocycles. The van der Waals surface area contributed by atoms with E-state index in [-0.39, 0.29) is 29.0 Å². The Bertz CT molecular complexity index is 1230. The first-order chi connectivity index (χ1) is 17.4. The van der Waals surface area contributed by atoms with Crippen LogP contribution < -0.4 is 0 Å². The first-order valence-electron chi connectivity index (χ1n) is 13.3. The fourth-order valence-corrected chi connectivity index (χ4v) is 6.28. The molecule has 0 spiro atoms. The van der Waals surface area contributed by atoms with Crippen LogP contribution in [0.2, 0.25) is 0 Å². The summed E-state index contributed by atoms with van der Waals surface area (Å²) in [6.07, 6.45) is 7.24. The molecule has 1 N–H and O–H groups in total. The van der Waals surface area contributed by atoms with Crippen LogP contribution in [-0.2, 0) is 14.3 Å². The predicted octanol–water partition coefficient (Wildman–Crippen LogP) is 7.84. The number of fused-ring (bicyclic) bond motifs is 1. The molecular weight excluding hydrogens is 460 g/mol. The summed E-state index contributed by atoms with van der Waals surface area (Å²) in [5.74, 6) is -0.138. The van der Waals surface area contributed by atoms with E-state index in [0.717, 1.165) is 29.6 Å². The molecule has 4 nitrogen and oxygen atoms in total. The lowest BCUT2D eigenvalue weighted by atomic mass is 9.62. The normalized spacial score (nSPS) is 27.6. The van der Waals surface area contributed by atoms with Crippen LogP contribution in [0.15, 0.2) is 82.7 Å². The highest BCUT2D eigenvalue weighted by molar-refractivity contribution is 6.34. The van der Waals surface area contributed by atoms with Gasteiger partial charge in [-0.05, 0) is 79.6 Å². The zero-order chi connectivity index (χ0) is 27.1. The Morgan fingerprint density at radius 2 is 1.65 bits per heavy atom. The van der Waals surface area contributed by atoms with E-state index >= 15 is 0 Å². The van der Waals surface area contributed by atoms with Gasteiger partial charge in [-0.1, -0.05) is 65.8 Å². The van der Waals surface area contributed by atoms with Crippen molar-refractivity contribution < 1.29 is 19.4 Å². The first kappa shape index (κ1) is 26.9. The van der Waals surface area contributed by atoms with Crippen LogP contribution >= 0.6 is 0 Å². The maximum absolute atomic E-state index is 14.5. The van der Waals surface area contributed by atoms with Crippen LogP contribution in [0.1, 0.15) is 79.2 Å². The molecule has 4 heteroatoms. The average molecular weight is 501 g/mol. The Kier molecular flexibility index (Phi) is 7.25. The largest absolute Gasteiger partial charge is 0.506 e. The van der Waals surface area contributed by atoms with Gasteiger partial charge in [0.15, 0.2) is 11.6 Å². The summed E-state index contributed by atoms with van der Waals surface area (Å²) in [6, 6.07) is 8.87. The molecule has 1 fully saturated rings. The van der Waals surface area contributed by atoms with Crippen molar-refractivity contribution in [3.8, 4) is 0 Å². The van der Waals surface area contributed by atoms with Crippen LogP contribution in [0.25, 0.3) is 5.76 Å². The Morgan fingerprint density at radius 1 is 1.05 bits per heavy atom. The van der Waals surface area contributed by atoms with Gasteiger partial charge in [0.25, 0.3) is 0 Å². The number of aliphatic hydroxyl groups excluding tert-OH is 1. The van der Waals surface area contributed by atoms with E-state index in [9.17, 15) is 14.7 Å². The van der Waals surface area contributed by atoms with Gasteiger partial charge in [-0.25, -0.2) is 0 Å². The molecule has 1 saturated carbocycles. The van der Waals surface area contributed by atoms with Gasteiger partial charge in [-0.15, -0.1) is 0 Å². The average Bonchev–Trinajstić information content (AvgIpc) is 3.19. The third-order valence-electron chi connectivity index (χ3n) is 8.49. The van der Waals surface area contributed by atoms with E-state index in [1.54, 1.807) is 24.3 Å². The van der Waals surface area contributed by atoms with E-state index in [1.807, 2.05) is 40.7 Å². The molecule has 1 unspecified atom stereocenters. The minimum Gasteiger partial charge on any atom is -0.506 e. The number of hydrogen-bond donors (Lipinski definition) is 1. The third-order valence-corrected chi connectivity index (χ3v) is 8.49. The number of ether oxygens (including phenoxy) is 1. The lowest BCUT2D eigenvalue weighted by Gasteiger charge is -2.48. The Labute approximate surface area is 221 Å². The number of hydrogen-bond acceptors (Lipinski definition) is 4. The van der Waals surface area contributed by atoms with Gasteiger partial charge in [0.05, 0.1) is 5.41 Å². The molecular formula is C33H40O4. The van der Waals surface area contributed by atoms with Gasteiger partial charge in [0.2, 0.25) is 0 Å². The zero-order valence-corrected chi connectivity index (χ0v) is 23.1. The molecule has 0 aromatic heterocycles. The molecule has 3 aliphatic rings. The smallest absolute Gasteiger partial charge is 0.199 e. The topological polar surface area (TPSA) is 63.6 Å². The molecule has 1 aromatic rings. The summed E-state index contributed by atoms with van der Waals surface area (Å²) in [6.45, 7) is 16.4. The van der Waals surface area contributed by atoms with Gasteiger partial charge >= 0.3 is 0 Å². The van der Waals surface area contributed by atoms with Gasteiger partial charge in [-0.3, -0.25) is 9.59 Å². The SMILES string of the molecule is C=C(C)[C@@H]1CC[C@@]2(C)OC3=C(CC12)C(=O)/C(=C(\O)c1ccccc1)C(=O)C3(CC=C(C)C)CC=C(C)C. The number of aliphatic hydroxyl groups is 1. The van der Waals surface area contributed by atoms with E-state index in [4.69, 9.17) is 4.74 Å². The minimum atomic E-state index is -1.09. The van der Waals surface area contributed by atoms with Gasteiger partial charge in [-0.2, -0.15) is 0 Å². The van der Waals surface area contributed by atoms with E-state index in [2.05, 4.69) is 25.7 Å². The molecule has 1 heterocycles. The molecule has 0 radical (unpaired) electrons. The van der Waals surface area contributed by atoms with Crippen molar-refractivity contribution in [2.24, 2.45) is 17.3 Å². The van der Waals surface area contributed by atoms with E-state index in [0.29, 0.717) is 36.2 Å². The van der Waals surface area contributed by atoms with Gasteiger partial charge in [0.1, 0.15) is 22.7 Å². The monoisotopic (exact) mass is 500 g/mol. The number of rotatable bonds is 6. The highest BCUT2D eigenvalue weighted by atomic mass is 16.5. The van der Waals surface area contributed by atoms with Gasteiger partial charge in [0, 0.05) is 17.1 Å². The molecule has 1 aromatic carbocycles. The summed E-state index contributed by atoms with van der Waals surface area (Å²) in [4.78, 5) is 28.6. The fraction of sp³-hybridized carbons (Fsp3) is 0.455. The Morgan fingerprint density at radius 3 is 2.19 bits per heavy atom. The highest BCUT2D eigenvalue weighted by Crippen LogP contribution is 2.58. The molecule has 196 valence electrons. The van der Waals surface area contributed by atoms with E-state index < -0.39 is 16.8 Å². The maximum atomic E-state index is 14.5. The van der Waals surface area contributed by atoms with Crippen LogP contribution in [0, 0.1) is 17.3 Å². The Balaban J connectivity index is 2.00. The van der Waals surface area contributed by atoms with Gasteiger partial charge < -0.3 is 9.84 Å². The van der Waals surface area contributed by atoms with Crippen molar-refractivity contribution in [3.05, 3.63) is 88.3 Å². The number of carbonyl (C=O) groups is 2. The number of allylic oxidation sites excluding steroid dienone is 8. The van der Waals surface area contributed by atoms with Crippen molar-refractivity contribution in [2.45, 2.75) is 79.2 Å². The van der Waals surface area contributed by atoms with Crippen molar-refractivity contribution in [1.29, 1.82) is 0 Å². The second-order valence-corrected chi connectivity index (χ2v) is 11.8. The summed E-state index contributed by atoms with van der Waals surface area (Å²) in [7, 11) is 0. The van der Waals surface area contributed by atoms with Crippen molar-refractivity contribution in [2.75, 3.05) is 0 Å². The third kappa shape index (κ3) is 4.67. The van der Waals surface area contributed by atoms with Crippen LogP contribution in [-0.4, -0.2) is 22.3 Å².